The number of aromatic nitrogens is 3. The molecule has 0 saturated carbocycles. The second kappa shape index (κ2) is 13.6. The van der Waals surface area contributed by atoms with Crippen molar-refractivity contribution >= 4 is 36.0 Å². The van der Waals surface area contributed by atoms with Crippen LogP contribution in [0.5, 0.6) is 0 Å². The van der Waals surface area contributed by atoms with Gasteiger partial charge < -0.3 is 25.3 Å². The van der Waals surface area contributed by atoms with Crippen molar-refractivity contribution < 1.29 is 9.53 Å². The molecule has 1 heterocycles. The van der Waals surface area contributed by atoms with E-state index in [0.717, 1.165) is 44.9 Å². The maximum atomic E-state index is 11.5. The van der Waals surface area contributed by atoms with E-state index < -0.39 is 5.60 Å². The average molecular weight is 481 g/mol. The van der Waals surface area contributed by atoms with E-state index in [1.165, 1.54) is 0 Å². The number of nitrogens with zero attached hydrogens (tertiary/aromatic N) is 4. The molecule has 0 spiro atoms. The van der Waals surface area contributed by atoms with Gasteiger partial charge in [-0.1, -0.05) is 0 Å². The first-order chi connectivity index (χ1) is 11.9. The van der Waals surface area contributed by atoms with Crippen molar-refractivity contribution in [1.82, 2.24) is 30.7 Å². The van der Waals surface area contributed by atoms with Crippen molar-refractivity contribution in [2.24, 2.45) is 4.99 Å². The molecule has 0 aromatic carbocycles. The van der Waals surface area contributed by atoms with Crippen molar-refractivity contribution in [2.75, 3.05) is 26.7 Å². The molecule has 10 heteroatoms. The van der Waals surface area contributed by atoms with Crippen LogP contribution < -0.4 is 16.0 Å². The van der Waals surface area contributed by atoms with Crippen LogP contribution in [0, 0.1) is 0 Å². The fourth-order valence-corrected chi connectivity index (χ4v) is 1.98. The fourth-order valence-electron chi connectivity index (χ4n) is 1.98. The Bertz CT molecular complexity index is 515. The molecule has 0 atom stereocenters. The number of guanidine groups is 1. The summed E-state index contributed by atoms with van der Waals surface area (Å²) < 4.78 is 7.14. The zero-order valence-corrected chi connectivity index (χ0v) is 18.4. The summed E-state index contributed by atoms with van der Waals surface area (Å²) in [5.41, 5.74) is -0.470. The minimum Gasteiger partial charge on any atom is -0.444 e. The summed E-state index contributed by atoms with van der Waals surface area (Å²) in [5, 5.41) is 16.8. The number of aliphatic imine (C=N–C) groups is 1. The molecule has 0 fully saturated rings. The Morgan fingerprint density at radius 1 is 1.04 bits per heavy atom. The van der Waals surface area contributed by atoms with Gasteiger partial charge in [-0.05, 0) is 40.0 Å². The molecular weight excluding hydrogens is 449 g/mol. The van der Waals surface area contributed by atoms with Gasteiger partial charge in [0.25, 0.3) is 0 Å². The lowest BCUT2D eigenvalue weighted by molar-refractivity contribution is 0.0527. The number of ether oxygens (including phenoxy) is 1. The van der Waals surface area contributed by atoms with Crippen molar-refractivity contribution in [3.05, 3.63) is 12.7 Å². The molecule has 1 aromatic rings. The number of carbonyl (C=O) groups excluding carboxylic acids is 1. The highest BCUT2D eigenvalue weighted by Gasteiger charge is 2.15. The SMILES string of the molecule is CN=C(NCCCCn1cnnc1)NCCCNC(=O)OC(C)(C)C.I. The van der Waals surface area contributed by atoms with Crippen LogP contribution in [-0.2, 0) is 11.3 Å². The van der Waals surface area contributed by atoms with Gasteiger partial charge in [0, 0.05) is 33.2 Å². The van der Waals surface area contributed by atoms with Crippen LogP contribution in [0.25, 0.3) is 0 Å². The van der Waals surface area contributed by atoms with E-state index in [1.54, 1.807) is 19.7 Å². The highest BCUT2D eigenvalue weighted by Crippen LogP contribution is 2.06. The number of hydrogen-bond donors (Lipinski definition) is 3. The number of unbranched alkanes of at least 4 members (excludes halogenated alkanes) is 1. The maximum Gasteiger partial charge on any atom is 0.407 e. The Kier molecular flexibility index (Phi) is 12.8. The largest absolute Gasteiger partial charge is 0.444 e. The molecule has 0 saturated heterocycles. The lowest BCUT2D eigenvalue weighted by atomic mass is 10.2. The molecule has 1 amide bonds. The van der Waals surface area contributed by atoms with E-state index in [4.69, 9.17) is 4.74 Å². The number of nitrogens with one attached hydrogen (secondary N) is 3. The number of rotatable bonds is 9. The van der Waals surface area contributed by atoms with Crippen LogP contribution in [0.4, 0.5) is 4.79 Å². The van der Waals surface area contributed by atoms with Gasteiger partial charge in [0.2, 0.25) is 0 Å². The number of carbonyl (C=O) groups is 1. The molecular formula is C16H32IN7O2. The molecule has 0 aliphatic carbocycles. The zero-order valence-electron chi connectivity index (χ0n) is 16.1. The van der Waals surface area contributed by atoms with Crippen LogP contribution in [0.1, 0.15) is 40.0 Å². The van der Waals surface area contributed by atoms with E-state index in [1.807, 2.05) is 25.3 Å². The van der Waals surface area contributed by atoms with Crippen LogP contribution in [0.15, 0.2) is 17.6 Å². The van der Waals surface area contributed by atoms with Gasteiger partial charge in [0.1, 0.15) is 18.3 Å². The first-order valence-electron chi connectivity index (χ1n) is 8.64. The third-order valence-electron chi connectivity index (χ3n) is 3.14. The summed E-state index contributed by atoms with van der Waals surface area (Å²) in [4.78, 5) is 15.7. The molecule has 0 aliphatic rings. The van der Waals surface area contributed by atoms with E-state index in [0.29, 0.717) is 6.54 Å². The van der Waals surface area contributed by atoms with Crippen LogP contribution >= 0.6 is 24.0 Å². The van der Waals surface area contributed by atoms with Crippen molar-refractivity contribution in [2.45, 2.75) is 52.2 Å². The molecule has 26 heavy (non-hydrogen) atoms. The molecule has 0 aliphatic heterocycles. The molecule has 0 bridgehead atoms. The van der Waals surface area contributed by atoms with Gasteiger partial charge in [-0.15, -0.1) is 34.2 Å². The lowest BCUT2D eigenvalue weighted by Crippen LogP contribution is -2.39. The molecule has 9 nitrogen and oxygen atoms in total. The van der Waals surface area contributed by atoms with Gasteiger partial charge in [-0.3, -0.25) is 4.99 Å². The fraction of sp³-hybridized carbons (Fsp3) is 0.750. The Morgan fingerprint density at radius 2 is 1.62 bits per heavy atom. The minimum atomic E-state index is -0.470. The van der Waals surface area contributed by atoms with E-state index in [2.05, 4.69) is 31.1 Å². The molecule has 0 radical (unpaired) electrons. The topological polar surface area (TPSA) is 105 Å². The Hall–Kier alpha value is -1.59. The number of hydrogen-bond acceptors (Lipinski definition) is 5. The number of halogens is 1. The summed E-state index contributed by atoms with van der Waals surface area (Å²) >= 11 is 0. The van der Waals surface area contributed by atoms with Gasteiger partial charge in [-0.25, -0.2) is 4.79 Å². The monoisotopic (exact) mass is 481 g/mol. The predicted octanol–water partition coefficient (Wildman–Crippen LogP) is 1.76. The Balaban J connectivity index is 0.00000625. The van der Waals surface area contributed by atoms with Crippen LogP contribution in [0.2, 0.25) is 0 Å². The highest BCUT2D eigenvalue weighted by molar-refractivity contribution is 14.0. The van der Waals surface area contributed by atoms with Crippen molar-refractivity contribution in [3.8, 4) is 0 Å². The van der Waals surface area contributed by atoms with Gasteiger partial charge in [0.15, 0.2) is 5.96 Å². The van der Waals surface area contributed by atoms with Crippen LogP contribution in [0.3, 0.4) is 0 Å². The summed E-state index contributed by atoms with van der Waals surface area (Å²) in [6, 6.07) is 0. The normalized spacial score (nSPS) is 11.5. The van der Waals surface area contributed by atoms with Crippen LogP contribution in [-0.4, -0.2) is 59.1 Å². The second-order valence-corrected chi connectivity index (χ2v) is 6.61. The molecule has 1 aromatic heterocycles. The standard InChI is InChI=1S/C16H31N7O2.HI/c1-16(2,3)25-15(24)20-10-7-9-19-14(17-4)18-8-5-6-11-23-12-21-22-13-23;/h12-13H,5-11H2,1-4H3,(H,20,24)(H2,17,18,19);1H. The van der Waals surface area contributed by atoms with Gasteiger partial charge in [0.05, 0.1) is 0 Å². The number of amides is 1. The third-order valence-corrected chi connectivity index (χ3v) is 3.14. The number of aryl methyl sites for hydroxylation is 1. The minimum absolute atomic E-state index is 0. The maximum absolute atomic E-state index is 11.5. The quantitative estimate of drug-likeness (QED) is 0.215. The first kappa shape index (κ1) is 24.4. The smallest absolute Gasteiger partial charge is 0.407 e. The lowest BCUT2D eigenvalue weighted by Gasteiger charge is -2.19. The Morgan fingerprint density at radius 3 is 2.19 bits per heavy atom. The second-order valence-electron chi connectivity index (χ2n) is 6.61. The molecule has 150 valence electrons. The van der Waals surface area contributed by atoms with E-state index in [9.17, 15) is 4.79 Å². The third kappa shape index (κ3) is 12.7. The molecule has 0 unspecified atom stereocenters. The van der Waals surface area contributed by atoms with E-state index >= 15 is 0 Å². The first-order valence-corrected chi connectivity index (χ1v) is 8.64. The van der Waals surface area contributed by atoms with Gasteiger partial charge in [-0.2, -0.15) is 0 Å². The summed E-state index contributed by atoms with van der Waals surface area (Å²) in [5.74, 6) is 0.765. The molecule has 3 N–H and O–H groups in total. The summed E-state index contributed by atoms with van der Waals surface area (Å²) in [6.45, 7) is 8.56. The van der Waals surface area contributed by atoms with E-state index in [-0.39, 0.29) is 30.1 Å². The average Bonchev–Trinajstić information content (AvgIpc) is 3.04. The number of alkyl carbamates (subject to hydrolysis) is 1. The summed E-state index contributed by atoms with van der Waals surface area (Å²) in [6.07, 6.45) is 5.91. The van der Waals surface area contributed by atoms with Gasteiger partial charge >= 0.3 is 6.09 Å². The highest BCUT2D eigenvalue weighted by atomic mass is 127. The Labute approximate surface area is 172 Å². The van der Waals surface area contributed by atoms with Crippen molar-refractivity contribution in [1.29, 1.82) is 0 Å². The zero-order chi connectivity index (χ0) is 18.5. The summed E-state index contributed by atoms with van der Waals surface area (Å²) in [7, 11) is 1.74. The molecule has 1 rings (SSSR count). The predicted molar refractivity (Wildman–Crippen MR) is 113 cm³/mol. The van der Waals surface area contributed by atoms with Crippen molar-refractivity contribution in [3.63, 3.8) is 0 Å².